The van der Waals surface area contributed by atoms with Crippen molar-refractivity contribution >= 4 is 12.2 Å². The van der Waals surface area contributed by atoms with Crippen LogP contribution in [0.2, 0.25) is 0 Å². The summed E-state index contributed by atoms with van der Waals surface area (Å²) in [6.07, 6.45) is 3.41. The molecule has 2 heterocycles. The Hall–Kier alpha value is -1.54. The zero-order valence-electron chi connectivity index (χ0n) is 22.8. The molecule has 2 fully saturated rings. The van der Waals surface area contributed by atoms with Gasteiger partial charge in [-0.1, -0.05) is 13.8 Å². The number of hydrogen-bond acceptors (Lipinski definition) is 6. The van der Waals surface area contributed by atoms with Crippen LogP contribution in [0.3, 0.4) is 0 Å². The Morgan fingerprint density at radius 3 is 1.18 bits per heavy atom. The Morgan fingerprint density at radius 2 is 0.971 bits per heavy atom. The van der Waals surface area contributed by atoms with E-state index in [1.165, 1.54) is 0 Å². The third kappa shape index (κ3) is 11.3. The predicted molar refractivity (Wildman–Crippen MR) is 134 cm³/mol. The molecular weight excluding hydrogens is 436 g/mol. The van der Waals surface area contributed by atoms with E-state index in [0.29, 0.717) is 23.7 Å². The van der Waals surface area contributed by atoms with Gasteiger partial charge in [0.05, 0.1) is 0 Å². The number of hydrogen-bond donors (Lipinski definition) is 2. The van der Waals surface area contributed by atoms with Crippen LogP contribution in [0, 0.1) is 23.7 Å². The highest BCUT2D eigenvalue weighted by atomic mass is 16.6. The Balaban J connectivity index is 0.000000340. The van der Waals surface area contributed by atoms with E-state index in [1.54, 1.807) is 9.80 Å². The normalized spacial score (nSPS) is 20.2. The third-order valence-corrected chi connectivity index (χ3v) is 6.57. The van der Waals surface area contributed by atoms with E-state index >= 15 is 0 Å². The van der Waals surface area contributed by atoms with Gasteiger partial charge in [0.25, 0.3) is 0 Å². The average molecular weight is 487 g/mol. The Kier molecular flexibility index (Phi) is 12.1. The molecule has 0 aromatic heterocycles. The highest BCUT2D eigenvalue weighted by Crippen LogP contribution is 2.26. The number of amides is 2. The van der Waals surface area contributed by atoms with E-state index in [1.807, 2.05) is 41.5 Å². The van der Waals surface area contributed by atoms with Crippen molar-refractivity contribution in [1.82, 2.24) is 9.80 Å². The van der Waals surface area contributed by atoms with Crippen LogP contribution in [0.5, 0.6) is 0 Å². The molecule has 34 heavy (non-hydrogen) atoms. The van der Waals surface area contributed by atoms with Crippen molar-refractivity contribution in [2.45, 2.75) is 92.3 Å². The van der Waals surface area contributed by atoms with Crippen molar-refractivity contribution in [2.75, 3.05) is 39.4 Å². The summed E-state index contributed by atoms with van der Waals surface area (Å²) in [6.45, 7) is 18.8. The van der Waals surface area contributed by atoms with Crippen molar-refractivity contribution in [3.05, 3.63) is 0 Å². The largest absolute Gasteiger partial charge is 0.444 e. The minimum atomic E-state index is -0.424. The number of piperidine rings is 2. The minimum Gasteiger partial charge on any atom is -0.444 e. The maximum atomic E-state index is 11.8. The van der Waals surface area contributed by atoms with Gasteiger partial charge in [-0.05, 0) is 90.9 Å². The van der Waals surface area contributed by atoms with Crippen LogP contribution in [0.1, 0.15) is 81.1 Å². The summed E-state index contributed by atoms with van der Waals surface area (Å²) < 4.78 is 10.7. The summed E-state index contributed by atoms with van der Waals surface area (Å²) in [5.74, 6) is 1.71. The Labute approximate surface area is 207 Å². The first-order chi connectivity index (χ1) is 15.7. The molecule has 200 valence electrons. The maximum Gasteiger partial charge on any atom is 0.410 e. The standard InChI is InChI=1S/2C13H25NO3/c2*1-10(9-15)11-5-7-14(8-6-11)12(16)17-13(2,3)4/h2*10-11,15H,5-9H2,1-4H3. The fourth-order valence-electron chi connectivity index (χ4n) is 4.25. The summed E-state index contributed by atoms with van der Waals surface area (Å²) in [6, 6.07) is 0. The quantitative estimate of drug-likeness (QED) is 0.606. The molecular formula is C26H50N2O6. The second-order valence-electron chi connectivity index (χ2n) is 11.9. The Bertz CT molecular complexity index is 558. The van der Waals surface area contributed by atoms with Crippen LogP contribution in [-0.4, -0.2) is 82.8 Å². The number of aliphatic hydroxyl groups is 2. The summed E-state index contributed by atoms with van der Waals surface area (Å²) in [7, 11) is 0. The molecule has 0 radical (unpaired) electrons. The zero-order valence-corrected chi connectivity index (χ0v) is 22.8. The van der Waals surface area contributed by atoms with Gasteiger partial charge in [-0.25, -0.2) is 9.59 Å². The van der Waals surface area contributed by atoms with E-state index in [-0.39, 0.29) is 25.4 Å². The van der Waals surface area contributed by atoms with E-state index in [0.717, 1.165) is 51.9 Å². The molecule has 2 N–H and O–H groups in total. The lowest BCUT2D eigenvalue weighted by Crippen LogP contribution is -2.42. The van der Waals surface area contributed by atoms with E-state index in [9.17, 15) is 9.59 Å². The molecule has 0 bridgehead atoms. The van der Waals surface area contributed by atoms with Crippen molar-refractivity contribution in [3.8, 4) is 0 Å². The lowest BCUT2D eigenvalue weighted by Gasteiger charge is -2.35. The summed E-state index contributed by atoms with van der Waals surface area (Å²) in [5.41, 5.74) is -0.849. The van der Waals surface area contributed by atoms with Gasteiger partial charge in [0, 0.05) is 39.4 Å². The number of rotatable bonds is 4. The van der Waals surface area contributed by atoms with Crippen molar-refractivity contribution in [1.29, 1.82) is 0 Å². The second kappa shape index (κ2) is 13.5. The zero-order chi connectivity index (χ0) is 26.1. The van der Waals surface area contributed by atoms with Crippen LogP contribution >= 0.6 is 0 Å². The molecule has 2 aliphatic heterocycles. The summed E-state index contributed by atoms with van der Waals surface area (Å²) in [4.78, 5) is 27.2. The smallest absolute Gasteiger partial charge is 0.410 e. The van der Waals surface area contributed by atoms with Gasteiger partial charge in [0.15, 0.2) is 0 Å². The molecule has 2 rings (SSSR count). The topological polar surface area (TPSA) is 99.5 Å². The molecule has 0 aromatic carbocycles. The number of aliphatic hydroxyl groups excluding tert-OH is 2. The van der Waals surface area contributed by atoms with Gasteiger partial charge < -0.3 is 29.5 Å². The Morgan fingerprint density at radius 1 is 0.706 bits per heavy atom. The fourth-order valence-corrected chi connectivity index (χ4v) is 4.25. The molecule has 8 nitrogen and oxygen atoms in total. The lowest BCUT2D eigenvalue weighted by atomic mass is 9.86. The summed E-state index contributed by atoms with van der Waals surface area (Å²) >= 11 is 0. The van der Waals surface area contributed by atoms with Gasteiger partial charge in [-0.3, -0.25) is 0 Å². The molecule has 0 spiro atoms. The van der Waals surface area contributed by atoms with Gasteiger partial charge in [-0.15, -0.1) is 0 Å². The van der Waals surface area contributed by atoms with Crippen molar-refractivity contribution in [3.63, 3.8) is 0 Å². The van der Waals surface area contributed by atoms with Crippen molar-refractivity contribution < 1.29 is 29.3 Å². The van der Waals surface area contributed by atoms with E-state index in [4.69, 9.17) is 19.7 Å². The first-order valence-electron chi connectivity index (χ1n) is 12.8. The van der Waals surface area contributed by atoms with Gasteiger partial charge >= 0.3 is 12.2 Å². The summed E-state index contributed by atoms with van der Waals surface area (Å²) in [5, 5.41) is 18.2. The molecule has 2 amide bonds. The lowest BCUT2D eigenvalue weighted by molar-refractivity contribution is 0.0137. The first kappa shape index (κ1) is 30.5. The number of ether oxygens (including phenoxy) is 2. The van der Waals surface area contributed by atoms with Gasteiger partial charge in [0.2, 0.25) is 0 Å². The average Bonchev–Trinajstić information content (AvgIpc) is 2.76. The molecule has 0 aliphatic carbocycles. The highest BCUT2D eigenvalue weighted by Gasteiger charge is 2.30. The SMILES string of the molecule is CC(CO)C1CCN(C(=O)OC(C)(C)C)CC1.CC(CO)C1CCN(C(=O)OC(C)(C)C)CC1. The minimum absolute atomic E-state index is 0.215. The molecule has 8 heteroatoms. The predicted octanol–water partition coefficient (Wildman–Crippen LogP) is 4.52. The van der Waals surface area contributed by atoms with Crippen LogP contribution < -0.4 is 0 Å². The number of carbonyl (C=O) groups excluding carboxylic acids is 2. The molecule has 2 aliphatic rings. The van der Waals surface area contributed by atoms with Crippen LogP contribution in [0.4, 0.5) is 9.59 Å². The molecule has 2 unspecified atom stereocenters. The monoisotopic (exact) mass is 486 g/mol. The number of carbonyl (C=O) groups is 2. The van der Waals surface area contributed by atoms with Gasteiger partial charge in [-0.2, -0.15) is 0 Å². The fraction of sp³-hybridized carbons (Fsp3) is 0.923. The maximum absolute atomic E-state index is 11.8. The molecule has 2 saturated heterocycles. The van der Waals surface area contributed by atoms with Gasteiger partial charge in [0.1, 0.15) is 11.2 Å². The molecule has 2 atom stereocenters. The third-order valence-electron chi connectivity index (χ3n) is 6.57. The van der Waals surface area contributed by atoms with Crippen molar-refractivity contribution in [2.24, 2.45) is 23.7 Å². The second-order valence-corrected chi connectivity index (χ2v) is 11.9. The first-order valence-corrected chi connectivity index (χ1v) is 12.8. The molecule has 0 aromatic rings. The highest BCUT2D eigenvalue weighted by molar-refractivity contribution is 5.68. The molecule has 0 saturated carbocycles. The van der Waals surface area contributed by atoms with Crippen LogP contribution in [0.15, 0.2) is 0 Å². The van der Waals surface area contributed by atoms with E-state index in [2.05, 4.69) is 13.8 Å². The van der Waals surface area contributed by atoms with Crippen LogP contribution in [0.25, 0.3) is 0 Å². The van der Waals surface area contributed by atoms with Crippen LogP contribution in [-0.2, 0) is 9.47 Å². The number of nitrogens with zero attached hydrogens (tertiary/aromatic N) is 2. The number of likely N-dealkylation sites (tertiary alicyclic amines) is 2. The van der Waals surface area contributed by atoms with E-state index < -0.39 is 11.2 Å².